The Hall–Kier alpha value is -0.870. The Morgan fingerprint density at radius 2 is 2.53 bits per heavy atom. The molecule has 2 heterocycles. The van der Waals surface area contributed by atoms with E-state index in [1.165, 1.54) is 0 Å². The molecule has 0 aromatic carbocycles. The van der Waals surface area contributed by atoms with Crippen molar-refractivity contribution >= 4 is 17.4 Å². The van der Waals surface area contributed by atoms with Gasteiger partial charge in [0.15, 0.2) is 5.78 Å². The molecule has 0 spiro atoms. The predicted octanol–water partition coefficient (Wildman–Crippen LogP) is 2.00. The third-order valence-corrected chi connectivity index (χ3v) is 2.74. The van der Waals surface area contributed by atoms with E-state index < -0.39 is 0 Å². The van der Waals surface area contributed by atoms with Gasteiger partial charge in [-0.3, -0.25) is 4.79 Å². The maximum absolute atomic E-state index is 11.3. The number of alkyl halides is 1. The van der Waals surface area contributed by atoms with Crippen LogP contribution < -0.4 is 0 Å². The largest absolute Gasteiger partial charge is 0.357 e. The lowest BCUT2D eigenvalue weighted by atomic mass is 10.2. The molecule has 2 rings (SSSR count). The van der Waals surface area contributed by atoms with Gasteiger partial charge in [0.05, 0.1) is 17.6 Å². The molecule has 0 radical (unpaired) electrons. The quantitative estimate of drug-likeness (QED) is 0.587. The van der Waals surface area contributed by atoms with Gasteiger partial charge in [-0.25, -0.2) is 4.68 Å². The summed E-state index contributed by atoms with van der Waals surface area (Å²) in [5, 5.41) is 4.12. The summed E-state index contributed by atoms with van der Waals surface area (Å²) in [5.74, 6) is -0.101. The lowest BCUT2D eigenvalue weighted by Crippen LogP contribution is -2.18. The number of nitrogens with zero attached hydrogens (tertiary/aromatic N) is 2. The molecular formula is C10H13ClN2O2. The molecule has 5 heteroatoms. The highest BCUT2D eigenvalue weighted by Crippen LogP contribution is 2.21. The van der Waals surface area contributed by atoms with Gasteiger partial charge in [-0.1, -0.05) is 0 Å². The summed E-state index contributed by atoms with van der Waals surface area (Å²) < 4.78 is 7.25. The third-order valence-electron chi connectivity index (χ3n) is 2.50. The van der Waals surface area contributed by atoms with Gasteiger partial charge in [-0.2, -0.15) is 5.10 Å². The predicted molar refractivity (Wildman–Crippen MR) is 56.1 cm³/mol. The summed E-state index contributed by atoms with van der Waals surface area (Å²) in [6.07, 6.45) is 6.43. The summed E-state index contributed by atoms with van der Waals surface area (Å²) in [6, 6.07) is 0. The van der Waals surface area contributed by atoms with E-state index in [1.54, 1.807) is 17.1 Å². The molecule has 1 aliphatic heterocycles. The molecule has 1 fully saturated rings. The normalized spacial score (nSPS) is 21.5. The molecule has 0 aliphatic carbocycles. The van der Waals surface area contributed by atoms with E-state index in [-0.39, 0.29) is 17.9 Å². The van der Waals surface area contributed by atoms with E-state index >= 15 is 0 Å². The van der Waals surface area contributed by atoms with Gasteiger partial charge in [-0.05, 0) is 19.3 Å². The number of aromatic nitrogens is 2. The molecule has 0 saturated carbocycles. The Bertz CT molecular complexity index is 345. The van der Waals surface area contributed by atoms with Crippen LogP contribution in [0.3, 0.4) is 0 Å². The molecule has 0 bridgehead atoms. The molecule has 15 heavy (non-hydrogen) atoms. The maximum atomic E-state index is 11.3. The van der Waals surface area contributed by atoms with Crippen LogP contribution in [0.2, 0.25) is 0 Å². The first-order valence-electron chi connectivity index (χ1n) is 5.06. The van der Waals surface area contributed by atoms with Crippen molar-refractivity contribution in [3.8, 4) is 0 Å². The second-order valence-corrected chi connectivity index (χ2v) is 3.85. The standard InChI is InChI=1S/C10H13ClN2O2/c11-5-9(14)8-6-12-13(7-8)10-3-1-2-4-15-10/h6-7,10H,1-5H2. The number of Topliss-reactive ketones (excluding diaryl/α,β-unsaturated/α-hetero) is 1. The molecule has 0 amide bonds. The molecule has 1 saturated heterocycles. The second-order valence-electron chi connectivity index (χ2n) is 3.59. The molecule has 0 N–H and O–H groups in total. The van der Waals surface area contributed by atoms with Crippen LogP contribution >= 0.6 is 11.6 Å². The number of carbonyl (C=O) groups is 1. The monoisotopic (exact) mass is 228 g/mol. The second kappa shape index (κ2) is 4.77. The first kappa shape index (κ1) is 10.6. The van der Waals surface area contributed by atoms with Gasteiger partial charge < -0.3 is 4.74 Å². The highest BCUT2D eigenvalue weighted by atomic mass is 35.5. The lowest BCUT2D eigenvalue weighted by Gasteiger charge is -2.22. The minimum Gasteiger partial charge on any atom is -0.357 e. The Morgan fingerprint density at radius 3 is 3.20 bits per heavy atom. The Balaban J connectivity index is 2.08. The van der Waals surface area contributed by atoms with E-state index in [9.17, 15) is 4.79 Å². The summed E-state index contributed by atoms with van der Waals surface area (Å²) >= 11 is 5.46. The number of halogens is 1. The van der Waals surface area contributed by atoms with Crippen molar-refractivity contribution in [1.29, 1.82) is 0 Å². The van der Waals surface area contributed by atoms with E-state index in [2.05, 4.69) is 5.10 Å². The Morgan fingerprint density at radius 1 is 1.67 bits per heavy atom. The topological polar surface area (TPSA) is 44.1 Å². The fourth-order valence-corrected chi connectivity index (χ4v) is 1.80. The van der Waals surface area contributed by atoms with Crippen LogP contribution in [-0.4, -0.2) is 28.1 Å². The summed E-state index contributed by atoms with van der Waals surface area (Å²) in [7, 11) is 0. The number of ketones is 1. The van der Waals surface area contributed by atoms with Crippen molar-refractivity contribution in [2.75, 3.05) is 12.5 Å². The Labute approximate surface area is 93.2 Å². The maximum Gasteiger partial charge on any atom is 0.180 e. The average molecular weight is 229 g/mol. The lowest BCUT2D eigenvalue weighted by molar-refractivity contribution is -0.0395. The first-order chi connectivity index (χ1) is 7.31. The Kier molecular flexibility index (Phi) is 3.38. The number of hydrogen-bond acceptors (Lipinski definition) is 3. The minimum absolute atomic E-state index is 0.00276. The van der Waals surface area contributed by atoms with Gasteiger partial charge in [0.25, 0.3) is 0 Å². The summed E-state index contributed by atoms with van der Waals surface area (Å²) in [4.78, 5) is 11.3. The van der Waals surface area contributed by atoms with Crippen molar-refractivity contribution in [3.63, 3.8) is 0 Å². The molecule has 4 nitrogen and oxygen atoms in total. The fourth-order valence-electron chi connectivity index (χ4n) is 1.65. The van der Waals surface area contributed by atoms with Crippen LogP contribution in [0.4, 0.5) is 0 Å². The highest BCUT2D eigenvalue weighted by Gasteiger charge is 2.17. The van der Waals surface area contributed by atoms with Crippen LogP contribution in [0, 0.1) is 0 Å². The van der Waals surface area contributed by atoms with Gasteiger partial charge in [-0.15, -0.1) is 11.6 Å². The number of hydrogen-bond donors (Lipinski definition) is 0. The zero-order valence-corrected chi connectivity index (χ0v) is 9.11. The van der Waals surface area contributed by atoms with Crippen molar-refractivity contribution in [3.05, 3.63) is 18.0 Å². The molecule has 1 aromatic heterocycles. The minimum atomic E-state index is -0.0984. The van der Waals surface area contributed by atoms with E-state index in [0.717, 1.165) is 25.9 Å². The van der Waals surface area contributed by atoms with Crippen molar-refractivity contribution in [1.82, 2.24) is 9.78 Å². The van der Waals surface area contributed by atoms with Gasteiger partial charge >= 0.3 is 0 Å². The molecule has 1 aliphatic rings. The van der Waals surface area contributed by atoms with Crippen molar-refractivity contribution in [2.45, 2.75) is 25.5 Å². The van der Waals surface area contributed by atoms with E-state index in [4.69, 9.17) is 16.3 Å². The molecule has 1 unspecified atom stereocenters. The van der Waals surface area contributed by atoms with Gasteiger partial charge in [0.2, 0.25) is 0 Å². The van der Waals surface area contributed by atoms with Gasteiger partial charge in [0, 0.05) is 12.8 Å². The van der Waals surface area contributed by atoms with E-state index in [1.807, 2.05) is 0 Å². The van der Waals surface area contributed by atoms with Crippen molar-refractivity contribution in [2.24, 2.45) is 0 Å². The fraction of sp³-hybridized carbons (Fsp3) is 0.600. The summed E-state index contributed by atoms with van der Waals surface area (Å²) in [5.41, 5.74) is 0.555. The van der Waals surface area contributed by atoms with Crippen molar-refractivity contribution < 1.29 is 9.53 Å². The highest BCUT2D eigenvalue weighted by molar-refractivity contribution is 6.30. The molecule has 1 aromatic rings. The third kappa shape index (κ3) is 2.38. The smallest absolute Gasteiger partial charge is 0.180 e. The van der Waals surface area contributed by atoms with Crippen LogP contribution in [0.25, 0.3) is 0 Å². The molecular weight excluding hydrogens is 216 g/mol. The average Bonchev–Trinajstić information content (AvgIpc) is 2.78. The van der Waals surface area contributed by atoms with Crippen LogP contribution in [-0.2, 0) is 4.74 Å². The van der Waals surface area contributed by atoms with E-state index in [0.29, 0.717) is 5.56 Å². The zero-order valence-electron chi connectivity index (χ0n) is 8.36. The zero-order chi connectivity index (χ0) is 10.7. The summed E-state index contributed by atoms with van der Waals surface area (Å²) in [6.45, 7) is 0.767. The van der Waals surface area contributed by atoms with Gasteiger partial charge in [0.1, 0.15) is 6.23 Å². The number of ether oxygens (including phenoxy) is 1. The SMILES string of the molecule is O=C(CCl)c1cnn(C2CCCCO2)c1. The van der Waals surface area contributed by atoms with Crippen LogP contribution in [0.15, 0.2) is 12.4 Å². The molecule has 1 atom stereocenters. The molecule has 82 valence electrons. The van der Waals surface area contributed by atoms with Crippen LogP contribution in [0.1, 0.15) is 35.8 Å². The first-order valence-corrected chi connectivity index (χ1v) is 5.59. The number of carbonyl (C=O) groups excluding carboxylic acids is 1. The van der Waals surface area contributed by atoms with Crippen LogP contribution in [0.5, 0.6) is 0 Å². The number of rotatable bonds is 3.